The van der Waals surface area contributed by atoms with E-state index in [0.29, 0.717) is 3.63 Å². The molecule has 0 aromatic heterocycles. The van der Waals surface area contributed by atoms with Gasteiger partial charge in [-0.25, -0.2) is 0 Å². The molecule has 2 aromatic carbocycles. The van der Waals surface area contributed by atoms with Gasteiger partial charge in [0.15, 0.2) is 0 Å². The molecule has 4 aliphatic rings. The number of hydrogen-bond acceptors (Lipinski definition) is 0. The van der Waals surface area contributed by atoms with Gasteiger partial charge in [-0.15, -0.1) is 0 Å². The Morgan fingerprint density at radius 2 is 1.07 bits per heavy atom. The van der Waals surface area contributed by atoms with E-state index in [1.165, 1.54) is 68.9 Å². The SMILES string of the molecule is CC(C)(C)c1ccc2c(c1)[CH]([Zr]([C]1=CC=CC1)=[Si](C1CCCCCC1)C1CCCCCC1)c1cc(C(C)(C)C)ccc1-2. The van der Waals surface area contributed by atoms with E-state index in [-0.39, 0.29) is 10.8 Å². The van der Waals surface area contributed by atoms with Crippen LogP contribution in [0.25, 0.3) is 11.1 Å². The van der Waals surface area contributed by atoms with Gasteiger partial charge in [0.25, 0.3) is 0 Å². The Bertz CT molecular complexity index is 1290. The molecule has 2 aromatic rings. The second-order valence-corrected chi connectivity index (χ2v) is 31.1. The number of fused-ring (bicyclic) bond motifs is 3. The number of rotatable bonds is 4. The third-order valence-electron chi connectivity index (χ3n) is 11.1. The average molecular weight is 656 g/mol. The molecule has 0 radical (unpaired) electrons. The Kier molecular flexibility index (Phi) is 9.45. The van der Waals surface area contributed by atoms with Gasteiger partial charge in [-0.05, 0) is 0 Å². The normalized spacial score (nSPS) is 20.6. The zero-order chi connectivity index (χ0) is 29.5. The Labute approximate surface area is 266 Å². The summed E-state index contributed by atoms with van der Waals surface area (Å²) in [6, 6.07) is 15.4. The van der Waals surface area contributed by atoms with Crippen LogP contribution in [0.15, 0.2) is 57.9 Å². The Balaban J connectivity index is 1.65. The summed E-state index contributed by atoms with van der Waals surface area (Å²) in [7, 11) is 0. The average Bonchev–Trinajstić information content (AvgIpc) is 3.36. The van der Waals surface area contributed by atoms with E-state index in [1.54, 1.807) is 47.9 Å². The van der Waals surface area contributed by atoms with Crippen LogP contribution in [0.5, 0.6) is 0 Å². The standard InChI is InChI=1S/C21H25.C14H26Si.C5H5.Zr/c1-20(2,3)16-7-9-18-14(12-16)11-15-13-17(21(4,5)6)8-10-19(15)18;1-2-6-10-13(9-5-1)15-14-11-7-3-4-8-12-14;1-2-4-5-3-1;/h7-13H,1-6H3;13-14H,1-12H2;1-3H,4H2;. The molecule has 2 fully saturated rings. The summed E-state index contributed by atoms with van der Waals surface area (Å²) in [4.78, 5) is 0. The van der Waals surface area contributed by atoms with Gasteiger partial charge in [0.05, 0.1) is 0 Å². The van der Waals surface area contributed by atoms with Gasteiger partial charge in [0, 0.05) is 0 Å². The Hall–Kier alpha value is -0.980. The minimum atomic E-state index is -2.22. The van der Waals surface area contributed by atoms with Gasteiger partial charge < -0.3 is 0 Å². The van der Waals surface area contributed by atoms with E-state index >= 15 is 0 Å². The zero-order valence-electron chi connectivity index (χ0n) is 27.6. The van der Waals surface area contributed by atoms with Crippen molar-refractivity contribution in [3.8, 4) is 11.1 Å². The van der Waals surface area contributed by atoms with Crippen LogP contribution in [0.3, 0.4) is 0 Å². The number of hydrogen-bond donors (Lipinski definition) is 0. The molecule has 0 bridgehead atoms. The van der Waals surface area contributed by atoms with E-state index in [2.05, 4.69) is 96.2 Å². The third-order valence-corrected chi connectivity index (χ3v) is 34.4. The number of allylic oxidation sites excluding steroid dienone is 4. The van der Waals surface area contributed by atoms with Gasteiger partial charge in [-0.3, -0.25) is 0 Å². The van der Waals surface area contributed by atoms with Crippen LogP contribution in [0.2, 0.25) is 11.1 Å². The summed E-state index contributed by atoms with van der Waals surface area (Å²) < 4.78 is 2.68. The summed E-state index contributed by atoms with van der Waals surface area (Å²) in [5, 5.41) is 0. The van der Waals surface area contributed by atoms with Crippen molar-refractivity contribution in [1.29, 1.82) is 0 Å². The van der Waals surface area contributed by atoms with Crippen molar-refractivity contribution >= 4 is 5.43 Å². The van der Waals surface area contributed by atoms with Crippen molar-refractivity contribution in [2.24, 2.45) is 0 Å². The molecule has 6 rings (SSSR count). The van der Waals surface area contributed by atoms with E-state index in [1.807, 2.05) is 3.28 Å². The molecule has 0 N–H and O–H groups in total. The predicted octanol–water partition coefficient (Wildman–Crippen LogP) is 12.3. The molecule has 2 saturated carbocycles. The Morgan fingerprint density at radius 1 is 0.619 bits per heavy atom. The maximum atomic E-state index is 2.72. The fraction of sp³-hybridized carbons (Fsp3) is 0.600. The van der Waals surface area contributed by atoms with Crippen LogP contribution in [-0.4, -0.2) is 5.43 Å². The summed E-state index contributed by atoms with van der Waals surface area (Å²) in [5.74, 6) is 0. The topological polar surface area (TPSA) is 0 Å². The summed E-state index contributed by atoms with van der Waals surface area (Å²) in [5.41, 5.74) is 11.7. The fourth-order valence-electron chi connectivity index (χ4n) is 8.64. The van der Waals surface area contributed by atoms with Crippen molar-refractivity contribution < 1.29 is 20.4 Å². The van der Waals surface area contributed by atoms with E-state index in [0.717, 1.165) is 11.1 Å². The third kappa shape index (κ3) is 6.38. The summed E-state index contributed by atoms with van der Waals surface area (Å²) >= 11 is -2.22. The van der Waals surface area contributed by atoms with Crippen LogP contribution < -0.4 is 0 Å². The monoisotopic (exact) mass is 654 g/mol. The first kappa shape index (κ1) is 31.0. The molecule has 0 aliphatic heterocycles. The molecule has 0 saturated heterocycles. The second-order valence-electron chi connectivity index (χ2n) is 16.1. The van der Waals surface area contributed by atoms with E-state index in [9.17, 15) is 0 Å². The van der Waals surface area contributed by atoms with Crippen LogP contribution in [0, 0.1) is 0 Å². The molecular weight excluding hydrogens is 600 g/mol. The molecule has 2 heteroatoms. The van der Waals surface area contributed by atoms with Gasteiger partial charge >= 0.3 is 268 Å². The minimum absolute atomic E-state index is 0.180. The van der Waals surface area contributed by atoms with Gasteiger partial charge in [0.2, 0.25) is 0 Å². The first-order valence-corrected chi connectivity index (χ1v) is 25.5. The van der Waals surface area contributed by atoms with Crippen molar-refractivity contribution in [1.82, 2.24) is 0 Å². The molecule has 0 amide bonds. The maximum absolute atomic E-state index is 2.72. The van der Waals surface area contributed by atoms with Crippen LogP contribution in [-0.2, 0) is 31.2 Å². The molecule has 4 aliphatic carbocycles. The van der Waals surface area contributed by atoms with Crippen LogP contribution >= 0.6 is 0 Å². The quantitative estimate of drug-likeness (QED) is 0.227. The van der Waals surface area contributed by atoms with Crippen molar-refractivity contribution in [3.63, 3.8) is 0 Å². The van der Waals surface area contributed by atoms with Crippen LogP contribution in [0.1, 0.15) is 151 Å². The molecular formula is C40H56SiZr. The molecule has 0 nitrogen and oxygen atoms in total. The molecule has 0 unspecified atom stereocenters. The van der Waals surface area contributed by atoms with E-state index in [4.69, 9.17) is 0 Å². The van der Waals surface area contributed by atoms with E-state index < -0.39 is 25.8 Å². The van der Waals surface area contributed by atoms with Crippen LogP contribution in [0.4, 0.5) is 0 Å². The van der Waals surface area contributed by atoms with Crippen molar-refractivity contribution in [2.75, 3.05) is 0 Å². The molecule has 42 heavy (non-hydrogen) atoms. The van der Waals surface area contributed by atoms with Crippen molar-refractivity contribution in [3.05, 3.63) is 80.2 Å². The fourth-order valence-corrected chi connectivity index (χ4v) is 37.0. The predicted molar refractivity (Wildman–Crippen MR) is 182 cm³/mol. The van der Waals surface area contributed by atoms with Gasteiger partial charge in [0.1, 0.15) is 0 Å². The molecule has 0 atom stereocenters. The molecule has 0 spiro atoms. The van der Waals surface area contributed by atoms with Crippen molar-refractivity contribution in [2.45, 2.75) is 151 Å². The zero-order valence-corrected chi connectivity index (χ0v) is 31.1. The first-order valence-electron chi connectivity index (χ1n) is 17.5. The van der Waals surface area contributed by atoms with Gasteiger partial charge in [-0.1, -0.05) is 0 Å². The number of benzene rings is 2. The summed E-state index contributed by atoms with van der Waals surface area (Å²) in [6.07, 6.45) is 27.0. The van der Waals surface area contributed by atoms with Gasteiger partial charge in [-0.2, -0.15) is 0 Å². The second kappa shape index (κ2) is 12.8. The molecule has 224 valence electrons. The Morgan fingerprint density at radius 3 is 1.45 bits per heavy atom. The first-order chi connectivity index (χ1) is 20.1. The molecule has 0 heterocycles. The summed E-state index contributed by atoms with van der Waals surface area (Å²) in [6.45, 7) is 14.5.